The van der Waals surface area contributed by atoms with Gasteiger partial charge in [-0.05, 0) is 31.2 Å². The highest BCUT2D eigenvalue weighted by atomic mass is 16.5. The molecular weight excluding hydrogens is 328 g/mol. The lowest BCUT2D eigenvalue weighted by atomic mass is 10.1. The van der Waals surface area contributed by atoms with Gasteiger partial charge in [-0.1, -0.05) is 42.5 Å². The maximum Gasteiger partial charge on any atom is 0.242 e. The number of hydrogen-bond acceptors (Lipinski definition) is 3. The Kier molecular flexibility index (Phi) is 6.83. The zero-order valence-corrected chi connectivity index (χ0v) is 15.3. The minimum Gasteiger partial charge on any atom is -0.376 e. The van der Waals surface area contributed by atoms with Gasteiger partial charge in [0.1, 0.15) is 0 Å². The van der Waals surface area contributed by atoms with Crippen LogP contribution in [0.15, 0.2) is 36.4 Å². The highest BCUT2D eigenvalue weighted by Crippen LogP contribution is 2.15. The smallest absolute Gasteiger partial charge is 0.242 e. The topological polar surface area (TPSA) is 49.9 Å². The van der Waals surface area contributed by atoms with E-state index >= 15 is 0 Å². The zero-order valence-electron chi connectivity index (χ0n) is 15.3. The number of likely N-dealkylation sites (tertiary alicyclic amines) is 1. The molecule has 0 aromatic heterocycles. The third kappa shape index (κ3) is 5.43. The fourth-order valence-electron chi connectivity index (χ4n) is 3.48. The van der Waals surface area contributed by atoms with E-state index in [0.717, 1.165) is 37.9 Å². The van der Waals surface area contributed by atoms with Gasteiger partial charge in [0.15, 0.2) is 0 Å². The van der Waals surface area contributed by atoms with Gasteiger partial charge in [-0.2, -0.15) is 0 Å². The summed E-state index contributed by atoms with van der Waals surface area (Å²) in [5.41, 5.74) is 1.11. The minimum absolute atomic E-state index is 0.00783. The Hall–Kier alpha value is -2.14. The van der Waals surface area contributed by atoms with Crippen LogP contribution < -0.4 is 0 Å². The number of carbonyl (C=O) groups is 2. The van der Waals surface area contributed by atoms with E-state index < -0.39 is 0 Å². The Balaban J connectivity index is 1.60. The van der Waals surface area contributed by atoms with Crippen molar-refractivity contribution >= 4 is 17.9 Å². The van der Waals surface area contributed by atoms with Crippen LogP contribution in [0, 0.1) is 0 Å². The number of benzene rings is 1. The van der Waals surface area contributed by atoms with Crippen LogP contribution in [0.4, 0.5) is 0 Å². The summed E-state index contributed by atoms with van der Waals surface area (Å²) in [5.74, 6) is 0.106. The molecule has 5 heteroatoms. The van der Waals surface area contributed by atoms with E-state index in [1.165, 1.54) is 0 Å². The molecule has 3 rings (SSSR count). The molecule has 2 fully saturated rings. The second-order valence-corrected chi connectivity index (χ2v) is 7.02. The van der Waals surface area contributed by atoms with E-state index in [1.807, 2.05) is 47.4 Å². The average Bonchev–Trinajstić information content (AvgIpc) is 3.17. The van der Waals surface area contributed by atoms with E-state index in [4.69, 9.17) is 4.74 Å². The molecule has 0 unspecified atom stereocenters. The maximum absolute atomic E-state index is 12.8. The molecule has 26 heavy (non-hydrogen) atoms. The first kappa shape index (κ1) is 18.6. The van der Waals surface area contributed by atoms with Gasteiger partial charge < -0.3 is 14.5 Å². The lowest BCUT2D eigenvalue weighted by molar-refractivity contribution is -0.142. The summed E-state index contributed by atoms with van der Waals surface area (Å²) in [6, 6.07) is 10.1. The predicted octanol–water partition coefficient (Wildman–Crippen LogP) is 2.72. The summed E-state index contributed by atoms with van der Waals surface area (Å²) >= 11 is 0. The van der Waals surface area contributed by atoms with Crippen LogP contribution in [0.25, 0.3) is 6.08 Å². The summed E-state index contributed by atoms with van der Waals surface area (Å²) in [5, 5.41) is 0. The van der Waals surface area contributed by atoms with E-state index in [9.17, 15) is 9.59 Å². The number of rotatable bonds is 7. The lowest BCUT2D eigenvalue weighted by Gasteiger charge is -2.30. The molecule has 0 radical (unpaired) electrons. The molecule has 1 aromatic carbocycles. The Morgan fingerprint density at radius 3 is 2.81 bits per heavy atom. The van der Waals surface area contributed by atoms with Gasteiger partial charge in [0, 0.05) is 32.7 Å². The van der Waals surface area contributed by atoms with Crippen molar-refractivity contribution in [3.63, 3.8) is 0 Å². The van der Waals surface area contributed by atoms with Crippen molar-refractivity contribution in [2.45, 2.75) is 38.2 Å². The van der Waals surface area contributed by atoms with Crippen molar-refractivity contribution < 1.29 is 14.3 Å². The molecule has 2 aliphatic heterocycles. The standard InChI is InChI=1S/C21H28N2O3/c24-20-12-4-5-13-23(20)17-21(25)22(16-19-11-7-15-26-19)14-6-10-18-8-2-1-3-9-18/h1-3,6,8-10,19H,4-5,7,11-17H2/b10-6+/t19-/m0/s1. The SMILES string of the molecule is O=C1CCCCN1CC(=O)N(C/C=C/c1ccccc1)C[C@@H]1CCCO1. The molecule has 0 bridgehead atoms. The first-order valence-electron chi connectivity index (χ1n) is 9.61. The molecule has 2 saturated heterocycles. The molecule has 0 spiro atoms. The van der Waals surface area contributed by atoms with Gasteiger partial charge in [0.25, 0.3) is 0 Å². The second-order valence-electron chi connectivity index (χ2n) is 7.02. The molecule has 0 N–H and O–H groups in total. The second kappa shape index (κ2) is 9.53. The van der Waals surface area contributed by atoms with Crippen molar-refractivity contribution in [2.24, 2.45) is 0 Å². The third-order valence-corrected chi connectivity index (χ3v) is 4.98. The minimum atomic E-state index is 0.00783. The molecule has 2 aliphatic rings. The molecule has 1 atom stereocenters. The van der Waals surface area contributed by atoms with Crippen molar-refractivity contribution in [3.05, 3.63) is 42.0 Å². The first-order valence-corrected chi connectivity index (χ1v) is 9.61. The first-order chi connectivity index (χ1) is 12.7. The van der Waals surface area contributed by atoms with Crippen LogP contribution in [-0.2, 0) is 14.3 Å². The van der Waals surface area contributed by atoms with E-state index in [1.54, 1.807) is 4.90 Å². The summed E-state index contributed by atoms with van der Waals surface area (Å²) in [6.45, 7) is 2.79. The lowest BCUT2D eigenvalue weighted by Crippen LogP contribution is -2.46. The fourth-order valence-corrected chi connectivity index (χ4v) is 3.48. The van der Waals surface area contributed by atoms with E-state index in [2.05, 4.69) is 0 Å². The summed E-state index contributed by atoms with van der Waals surface area (Å²) in [6.07, 6.45) is 8.68. The highest BCUT2D eigenvalue weighted by Gasteiger charge is 2.26. The Morgan fingerprint density at radius 1 is 1.23 bits per heavy atom. The monoisotopic (exact) mass is 356 g/mol. The van der Waals surface area contributed by atoms with Gasteiger partial charge in [-0.25, -0.2) is 0 Å². The summed E-state index contributed by atoms with van der Waals surface area (Å²) < 4.78 is 5.71. The van der Waals surface area contributed by atoms with Crippen LogP contribution in [0.1, 0.15) is 37.7 Å². The fraction of sp³-hybridized carbons (Fsp3) is 0.524. The van der Waals surface area contributed by atoms with Gasteiger partial charge >= 0.3 is 0 Å². The Bertz CT molecular complexity index is 623. The molecule has 2 heterocycles. The Morgan fingerprint density at radius 2 is 2.08 bits per heavy atom. The van der Waals surface area contributed by atoms with Crippen LogP contribution >= 0.6 is 0 Å². The number of hydrogen-bond donors (Lipinski definition) is 0. The quantitative estimate of drug-likeness (QED) is 0.755. The largest absolute Gasteiger partial charge is 0.376 e. The van der Waals surface area contributed by atoms with Crippen molar-refractivity contribution in [1.29, 1.82) is 0 Å². The molecule has 1 aromatic rings. The molecule has 2 amide bonds. The van der Waals surface area contributed by atoms with Crippen LogP contribution in [0.5, 0.6) is 0 Å². The number of nitrogens with zero attached hydrogens (tertiary/aromatic N) is 2. The number of ether oxygens (including phenoxy) is 1. The van der Waals surface area contributed by atoms with Gasteiger partial charge in [0.2, 0.25) is 11.8 Å². The average molecular weight is 356 g/mol. The zero-order chi connectivity index (χ0) is 18.2. The molecule has 140 valence electrons. The van der Waals surface area contributed by atoms with Crippen LogP contribution in [0.2, 0.25) is 0 Å². The van der Waals surface area contributed by atoms with Crippen molar-refractivity contribution in [3.8, 4) is 0 Å². The number of piperidine rings is 1. The van der Waals surface area contributed by atoms with Gasteiger partial charge in [0.05, 0.1) is 12.6 Å². The van der Waals surface area contributed by atoms with Gasteiger partial charge in [-0.15, -0.1) is 0 Å². The number of carbonyl (C=O) groups excluding carboxylic acids is 2. The Labute approximate surface area is 155 Å². The van der Waals surface area contributed by atoms with Crippen molar-refractivity contribution in [1.82, 2.24) is 9.80 Å². The third-order valence-electron chi connectivity index (χ3n) is 4.98. The van der Waals surface area contributed by atoms with Crippen LogP contribution in [0.3, 0.4) is 0 Å². The molecule has 0 saturated carbocycles. The molecular formula is C21H28N2O3. The highest BCUT2D eigenvalue weighted by molar-refractivity contribution is 5.85. The maximum atomic E-state index is 12.8. The molecule has 0 aliphatic carbocycles. The number of amides is 2. The van der Waals surface area contributed by atoms with Crippen molar-refractivity contribution in [2.75, 3.05) is 32.8 Å². The van der Waals surface area contributed by atoms with Crippen LogP contribution in [-0.4, -0.2) is 60.5 Å². The summed E-state index contributed by atoms with van der Waals surface area (Å²) in [4.78, 5) is 28.4. The van der Waals surface area contributed by atoms with E-state index in [-0.39, 0.29) is 24.5 Å². The summed E-state index contributed by atoms with van der Waals surface area (Å²) in [7, 11) is 0. The van der Waals surface area contributed by atoms with E-state index in [0.29, 0.717) is 26.1 Å². The predicted molar refractivity (Wildman–Crippen MR) is 101 cm³/mol. The van der Waals surface area contributed by atoms with Gasteiger partial charge in [-0.3, -0.25) is 9.59 Å². The molecule has 5 nitrogen and oxygen atoms in total. The normalized spacial score (nSPS) is 20.7.